The number of nitrogens with two attached hydrogens (primary N) is 1. The minimum atomic E-state index is -0.526. The number of methoxy groups -OCH3 is 1. The summed E-state index contributed by atoms with van der Waals surface area (Å²) < 4.78 is 10.1. The number of thiophene rings is 1. The van der Waals surface area contributed by atoms with E-state index in [0.29, 0.717) is 29.6 Å². The highest BCUT2D eigenvalue weighted by Crippen LogP contribution is 2.35. The van der Waals surface area contributed by atoms with Gasteiger partial charge in [-0.1, -0.05) is 13.8 Å². The molecule has 7 heteroatoms. The zero-order valence-electron chi connectivity index (χ0n) is 12.6. The fraction of sp³-hybridized carbons (Fsp3) is 0.571. The van der Waals surface area contributed by atoms with Crippen LogP contribution in [0.4, 0.5) is 10.7 Å². The predicted molar refractivity (Wildman–Crippen MR) is 83.5 cm³/mol. The fourth-order valence-electron chi connectivity index (χ4n) is 1.62. The van der Waals surface area contributed by atoms with Gasteiger partial charge in [-0.05, 0) is 12.3 Å². The first-order chi connectivity index (χ1) is 10.0. The highest BCUT2D eigenvalue weighted by molar-refractivity contribution is 7.18. The lowest BCUT2D eigenvalue weighted by molar-refractivity contribution is 0.0607. The van der Waals surface area contributed by atoms with Gasteiger partial charge < -0.3 is 20.5 Å². The Balaban J connectivity index is 2.55. The smallest absolute Gasteiger partial charge is 0.350 e. The third kappa shape index (κ3) is 4.92. The molecule has 0 saturated heterocycles. The number of nitrogen functional groups attached to an aromatic ring is 1. The SMILES string of the molecule is COC(=O)c1sc(NCCCOCC(C)C)c(C#N)c1N. The lowest BCUT2D eigenvalue weighted by Crippen LogP contribution is -2.08. The number of nitriles is 1. The number of nitrogens with zero attached hydrogens (tertiary/aromatic N) is 1. The molecule has 1 heterocycles. The third-order valence-corrected chi connectivity index (χ3v) is 3.77. The van der Waals surface area contributed by atoms with Crippen molar-refractivity contribution in [3.8, 4) is 6.07 Å². The summed E-state index contributed by atoms with van der Waals surface area (Å²) in [7, 11) is 1.28. The van der Waals surface area contributed by atoms with Crippen molar-refractivity contribution < 1.29 is 14.3 Å². The molecule has 0 fully saturated rings. The number of anilines is 2. The molecule has 0 bridgehead atoms. The monoisotopic (exact) mass is 311 g/mol. The van der Waals surface area contributed by atoms with Gasteiger partial charge in [-0.2, -0.15) is 5.26 Å². The van der Waals surface area contributed by atoms with Gasteiger partial charge in [0.1, 0.15) is 21.5 Å². The maximum atomic E-state index is 11.5. The summed E-state index contributed by atoms with van der Waals surface area (Å²) in [6.07, 6.45) is 0.808. The summed E-state index contributed by atoms with van der Waals surface area (Å²) in [5.74, 6) is -0.00910. The fourth-order valence-corrected chi connectivity index (χ4v) is 2.63. The van der Waals surface area contributed by atoms with E-state index in [-0.39, 0.29) is 10.6 Å². The van der Waals surface area contributed by atoms with E-state index in [1.165, 1.54) is 7.11 Å². The van der Waals surface area contributed by atoms with Crippen LogP contribution in [0.15, 0.2) is 0 Å². The number of rotatable bonds is 8. The zero-order chi connectivity index (χ0) is 15.8. The van der Waals surface area contributed by atoms with Gasteiger partial charge in [0.25, 0.3) is 0 Å². The molecule has 0 unspecified atom stereocenters. The van der Waals surface area contributed by atoms with E-state index in [9.17, 15) is 4.79 Å². The van der Waals surface area contributed by atoms with Crippen molar-refractivity contribution in [2.45, 2.75) is 20.3 Å². The number of carbonyl (C=O) groups excluding carboxylic acids is 1. The van der Waals surface area contributed by atoms with E-state index in [1.54, 1.807) is 0 Å². The van der Waals surface area contributed by atoms with Crippen molar-refractivity contribution in [2.75, 3.05) is 37.9 Å². The van der Waals surface area contributed by atoms with Crippen molar-refractivity contribution in [3.05, 3.63) is 10.4 Å². The van der Waals surface area contributed by atoms with E-state index < -0.39 is 5.97 Å². The first-order valence-electron chi connectivity index (χ1n) is 6.73. The van der Waals surface area contributed by atoms with Crippen LogP contribution in [0.25, 0.3) is 0 Å². The molecule has 0 aliphatic carbocycles. The van der Waals surface area contributed by atoms with E-state index in [1.807, 2.05) is 6.07 Å². The van der Waals surface area contributed by atoms with Crippen LogP contribution in [-0.4, -0.2) is 32.8 Å². The Hall–Kier alpha value is -1.78. The van der Waals surface area contributed by atoms with Crippen LogP contribution in [0.1, 0.15) is 35.5 Å². The molecular formula is C14H21N3O3S. The standard InChI is InChI=1S/C14H21N3O3S/c1-9(2)8-20-6-4-5-17-13-10(7-15)11(16)12(21-13)14(18)19-3/h9,17H,4-6,8,16H2,1-3H3. The molecular weight excluding hydrogens is 290 g/mol. The Labute approximate surface area is 128 Å². The number of hydrogen-bond acceptors (Lipinski definition) is 7. The molecule has 0 aliphatic heterocycles. The summed E-state index contributed by atoms with van der Waals surface area (Å²) in [5, 5.41) is 12.8. The largest absolute Gasteiger partial charge is 0.465 e. The molecule has 0 aliphatic rings. The van der Waals surface area contributed by atoms with Gasteiger partial charge in [0.05, 0.1) is 12.8 Å². The highest BCUT2D eigenvalue weighted by Gasteiger charge is 2.21. The Morgan fingerprint density at radius 1 is 1.52 bits per heavy atom. The second-order valence-corrected chi connectivity index (χ2v) is 5.92. The van der Waals surface area contributed by atoms with Crippen LogP contribution in [0, 0.1) is 17.2 Å². The maximum absolute atomic E-state index is 11.5. The summed E-state index contributed by atoms with van der Waals surface area (Å²) in [6, 6.07) is 2.01. The number of hydrogen-bond donors (Lipinski definition) is 2. The van der Waals surface area contributed by atoms with E-state index >= 15 is 0 Å². The molecule has 116 valence electrons. The molecule has 0 atom stereocenters. The van der Waals surface area contributed by atoms with Crippen LogP contribution in [0.3, 0.4) is 0 Å². The van der Waals surface area contributed by atoms with Crippen LogP contribution in [-0.2, 0) is 9.47 Å². The summed E-state index contributed by atoms with van der Waals surface area (Å²) in [4.78, 5) is 11.8. The Kier molecular flexibility index (Phi) is 6.99. The molecule has 3 N–H and O–H groups in total. The number of nitrogens with one attached hydrogen (secondary N) is 1. The van der Waals surface area contributed by atoms with Gasteiger partial charge in [0, 0.05) is 19.8 Å². The summed E-state index contributed by atoms with van der Waals surface area (Å²) >= 11 is 1.14. The highest BCUT2D eigenvalue weighted by atomic mass is 32.1. The summed E-state index contributed by atoms with van der Waals surface area (Å²) in [6.45, 7) is 6.23. The normalized spacial score (nSPS) is 10.4. The lowest BCUT2D eigenvalue weighted by Gasteiger charge is -2.07. The molecule has 1 rings (SSSR count). The maximum Gasteiger partial charge on any atom is 0.350 e. The second kappa shape index (κ2) is 8.49. The van der Waals surface area contributed by atoms with Gasteiger partial charge in [0.2, 0.25) is 0 Å². The third-order valence-electron chi connectivity index (χ3n) is 2.63. The second-order valence-electron chi connectivity index (χ2n) is 4.90. The molecule has 1 aromatic rings. The van der Waals surface area contributed by atoms with Crippen LogP contribution in [0.2, 0.25) is 0 Å². The molecule has 21 heavy (non-hydrogen) atoms. The quantitative estimate of drug-likeness (QED) is 0.565. The number of ether oxygens (including phenoxy) is 2. The minimum absolute atomic E-state index is 0.174. The Bertz CT molecular complexity index is 520. The average molecular weight is 311 g/mol. The molecule has 0 saturated carbocycles. The Morgan fingerprint density at radius 3 is 2.81 bits per heavy atom. The van der Waals surface area contributed by atoms with Crippen LogP contribution < -0.4 is 11.1 Å². The first-order valence-corrected chi connectivity index (χ1v) is 7.55. The van der Waals surface area contributed by atoms with Crippen molar-refractivity contribution in [2.24, 2.45) is 5.92 Å². The van der Waals surface area contributed by atoms with E-state index in [4.69, 9.17) is 15.7 Å². The van der Waals surface area contributed by atoms with Gasteiger partial charge in [-0.25, -0.2) is 4.79 Å². The van der Waals surface area contributed by atoms with Crippen molar-refractivity contribution in [1.29, 1.82) is 5.26 Å². The molecule has 0 amide bonds. The van der Waals surface area contributed by atoms with Crippen LogP contribution >= 0.6 is 11.3 Å². The zero-order valence-corrected chi connectivity index (χ0v) is 13.4. The lowest BCUT2D eigenvalue weighted by atomic mass is 10.2. The molecule has 0 spiro atoms. The molecule has 0 aromatic carbocycles. The summed E-state index contributed by atoms with van der Waals surface area (Å²) in [5.41, 5.74) is 6.27. The molecule has 1 aromatic heterocycles. The van der Waals surface area contributed by atoms with Gasteiger partial charge >= 0.3 is 5.97 Å². The van der Waals surface area contributed by atoms with Gasteiger partial charge in [0.15, 0.2) is 0 Å². The first kappa shape index (κ1) is 17.3. The van der Waals surface area contributed by atoms with Crippen LogP contribution in [0.5, 0.6) is 0 Å². The van der Waals surface area contributed by atoms with Crippen molar-refractivity contribution >= 4 is 28.0 Å². The minimum Gasteiger partial charge on any atom is -0.465 e. The van der Waals surface area contributed by atoms with Gasteiger partial charge in [-0.15, -0.1) is 11.3 Å². The predicted octanol–water partition coefficient (Wildman–Crippen LogP) is 2.46. The van der Waals surface area contributed by atoms with E-state index in [2.05, 4.69) is 23.9 Å². The topological polar surface area (TPSA) is 97.4 Å². The van der Waals surface area contributed by atoms with Crippen molar-refractivity contribution in [3.63, 3.8) is 0 Å². The molecule has 0 radical (unpaired) electrons. The van der Waals surface area contributed by atoms with Crippen molar-refractivity contribution in [1.82, 2.24) is 0 Å². The van der Waals surface area contributed by atoms with Gasteiger partial charge in [-0.3, -0.25) is 0 Å². The number of carbonyl (C=O) groups is 1. The Morgan fingerprint density at radius 2 is 2.24 bits per heavy atom. The average Bonchev–Trinajstić information content (AvgIpc) is 2.77. The number of esters is 1. The molecule has 6 nitrogen and oxygen atoms in total. The van der Waals surface area contributed by atoms with E-state index in [0.717, 1.165) is 24.4 Å².